The van der Waals surface area contributed by atoms with E-state index in [1.165, 1.54) is 44.8 Å². The number of anilines is 2. The quantitative estimate of drug-likeness (QED) is 0.174. The Labute approximate surface area is 358 Å². The highest BCUT2D eigenvalue weighted by Crippen LogP contribution is 2.63. The van der Waals surface area contributed by atoms with E-state index in [1.54, 1.807) is 0 Å². The minimum atomic E-state index is -0.401. The first-order valence-corrected chi connectivity index (χ1v) is 21.2. The molecule has 3 unspecified atom stereocenters. The maximum atomic E-state index is 6.29. The molecule has 13 rings (SSSR count). The second-order valence-electron chi connectivity index (χ2n) is 16.5. The minimum Gasteiger partial charge on any atom is -0.436 e. The topological polar surface area (TPSA) is 55.3 Å². The highest BCUT2D eigenvalue weighted by atomic mass is 16.4. The third-order valence-electron chi connectivity index (χ3n) is 13.2. The molecule has 2 aromatic heterocycles. The highest BCUT2D eigenvalue weighted by Gasteiger charge is 2.56. The van der Waals surface area contributed by atoms with Crippen LogP contribution in [0.5, 0.6) is 0 Å². The van der Waals surface area contributed by atoms with Gasteiger partial charge in [0.1, 0.15) is 11.0 Å². The largest absolute Gasteiger partial charge is 0.436 e. The zero-order chi connectivity index (χ0) is 40.8. The van der Waals surface area contributed by atoms with Gasteiger partial charge in [0.2, 0.25) is 11.8 Å². The van der Waals surface area contributed by atoms with Crippen molar-refractivity contribution in [1.29, 1.82) is 0 Å². The smallest absolute Gasteiger partial charge is 0.227 e. The van der Waals surface area contributed by atoms with E-state index >= 15 is 0 Å². The van der Waals surface area contributed by atoms with Gasteiger partial charge in [-0.15, -0.1) is 0 Å². The molecule has 0 N–H and O–H groups in total. The zero-order valence-corrected chi connectivity index (χ0v) is 33.5. The lowest BCUT2D eigenvalue weighted by Crippen LogP contribution is -2.52. The summed E-state index contributed by atoms with van der Waals surface area (Å²) >= 11 is 0. The van der Waals surface area contributed by atoms with Gasteiger partial charge in [-0.3, -0.25) is 0 Å². The summed E-state index contributed by atoms with van der Waals surface area (Å²) < 4.78 is 12.6. The first-order chi connectivity index (χ1) is 30.7. The van der Waals surface area contributed by atoms with E-state index in [9.17, 15) is 0 Å². The summed E-state index contributed by atoms with van der Waals surface area (Å²) in [6.07, 6.45) is 9.32. The maximum Gasteiger partial charge on any atom is 0.227 e. The van der Waals surface area contributed by atoms with Gasteiger partial charge in [0.25, 0.3) is 0 Å². The standard InChI is InChI=1S/C57H37N3O2/c1-2-14-42(15-3-1)60-51-22-10-6-18-46(51)57(47-19-7-11-23-52(47)60)45-17-5-4-16-43(45)44-31-30-38(35-48(44)57)36-26-28-37(29-27-36)39-32-40(55-58-49-20-8-12-24-53(49)61-55)34-41(33-39)56-59-50-21-9-13-25-54(50)62-56/h1-35,46,51H. The van der Waals surface area contributed by atoms with Crippen molar-refractivity contribution in [3.8, 4) is 56.3 Å². The molecule has 1 aliphatic heterocycles. The third-order valence-corrected chi connectivity index (χ3v) is 13.2. The Morgan fingerprint density at radius 3 is 1.68 bits per heavy atom. The first kappa shape index (κ1) is 34.8. The average Bonchev–Trinajstić information content (AvgIpc) is 4.06. The van der Waals surface area contributed by atoms with Crippen molar-refractivity contribution in [3.05, 3.63) is 229 Å². The van der Waals surface area contributed by atoms with Crippen LogP contribution in [0, 0.1) is 5.92 Å². The predicted octanol–water partition coefficient (Wildman–Crippen LogP) is 14.2. The number of aromatic nitrogens is 2. The summed E-state index contributed by atoms with van der Waals surface area (Å²) in [5.74, 6) is 1.25. The number of rotatable bonds is 5. The fourth-order valence-corrected chi connectivity index (χ4v) is 10.5. The van der Waals surface area contributed by atoms with Crippen molar-refractivity contribution >= 4 is 33.6 Å². The third kappa shape index (κ3) is 5.15. The zero-order valence-electron chi connectivity index (χ0n) is 33.5. The fraction of sp³-hybridized carbons (Fsp3) is 0.0526. The minimum absolute atomic E-state index is 0.115. The number of hydrogen-bond donors (Lipinski definition) is 0. The molecule has 62 heavy (non-hydrogen) atoms. The Bertz CT molecular complexity index is 3290. The van der Waals surface area contributed by atoms with Crippen LogP contribution >= 0.6 is 0 Å². The molecular formula is C57H37N3O2. The molecule has 292 valence electrons. The number of benzene rings is 8. The lowest BCUT2D eigenvalue weighted by atomic mass is 9.58. The van der Waals surface area contributed by atoms with Crippen LogP contribution in [0.1, 0.15) is 16.7 Å². The van der Waals surface area contributed by atoms with E-state index in [0.717, 1.165) is 50.0 Å². The van der Waals surface area contributed by atoms with Gasteiger partial charge in [-0.2, -0.15) is 0 Å². The second-order valence-corrected chi connectivity index (χ2v) is 16.5. The molecule has 0 amide bonds. The summed E-state index contributed by atoms with van der Waals surface area (Å²) in [7, 11) is 0. The van der Waals surface area contributed by atoms with Gasteiger partial charge >= 0.3 is 0 Å². The number of nitrogens with zero attached hydrogens (tertiary/aromatic N) is 3. The lowest BCUT2D eigenvalue weighted by molar-refractivity contribution is 0.392. The van der Waals surface area contributed by atoms with Gasteiger partial charge in [-0.05, 0) is 117 Å². The van der Waals surface area contributed by atoms with Crippen LogP contribution in [0.2, 0.25) is 0 Å². The molecule has 2 aliphatic carbocycles. The summed E-state index contributed by atoms with van der Waals surface area (Å²) in [4.78, 5) is 12.3. The Morgan fingerprint density at radius 2 is 0.968 bits per heavy atom. The Morgan fingerprint density at radius 1 is 0.419 bits per heavy atom. The van der Waals surface area contributed by atoms with Gasteiger partial charge in [-0.1, -0.05) is 146 Å². The molecule has 3 atom stereocenters. The van der Waals surface area contributed by atoms with Gasteiger partial charge in [0.15, 0.2) is 11.2 Å². The van der Waals surface area contributed by atoms with E-state index in [-0.39, 0.29) is 12.0 Å². The molecular weight excluding hydrogens is 759 g/mol. The molecule has 5 nitrogen and oxygen atoms in total. The molecule has 10 aromatic rings. The number of para-hydroxylation sites is 6. The van der Waals surface area contributed by atoms with Crippen LogP contribution in [-0.4, -0.2) is 16.0 Å². The van der Waals surface area contributed by atoms with Gasteiger partial charge < -0.3 is 13.7 Å². The van der Waals surface area contributed by atoms with Crippen LogP contribution in [0.3, 0.4) is 0 Å². The second kappa shape index (κ2) is 13.5. The Kier molecular flexibility index (Phi) is 7.58. The average molecular weight is 796 g/mol. The summed E-state index contributed by atoms with van der Waals surface area (Å²) in [6.45, 7) is 0. The molecule has 0 bridgehead atoms. The molecule has 0 fully saturated rings. The molecule has 0 saturated heterocycles. The number of fused-ring (bicyclic) bond motifs is 11. The van der Waals surface area contributed by atoms with E-state index in [2.05, 4.69) is 169 Å². The van der Waals surface area contributed by atoms with Gasteiger partial charge in [0, 0.05) is 28.4 Å². The molecule has 3 heterocycles. The van der Waals surface area contributed by atoms with Crippen LogP contribution in [0.25, 0.3) is 78.5 Å². The normalized spacial score (nSPS) is 18.2. The van der Waals surface area contributed by atoms with E-state index in [0.29, 0.717) is 11.8 Å². The number of oxazole rings is 2. The van der Waals surface area contributed by atoms with Crippen molar-refractivity contribution in [2.45, 2.75) is 11.5 Å². The fourth-order valence-electron chi connectivity index (χ4n) is 10.5. The van der Waals surface area contributed by atoms with E-state index in [1.807, 2.05) is 48.5 Å². The van der Waals surface area contributed by atoms with Crippen LogP contribution in [-0.2, 0) is 5.41 Å². The monoisotopic (exact) mass is 795 g/mol. The van der Waals surface area contributed by atoms with Crippen molar-refractivity contribution < 1.29 is 8.83 Å². The van der Waals surface area contributed by atoms with Crippen molar-refractivity contribution in [1.82, 2.24) is 9.97 Å². The van der Waals surface area contributed by atoms with Crippen LogP contribution in [0.15, 0.2) is 221 Å². The van der Waals surface area contributed by atoms with Crippen LogP contribution in [0.4, 0.5) is 11.4 Å². The Balaban J connectivity index is 0.944. The van der Waals surface area contributed by atoms with Crippen molar-refractivity contribution in [2.24, 2.45) is 5.92 Å². The summed E-state index contributed by atoms with van der Waals surface area (Å²) in [5.41, 5.74) is 18.0. The first-order valence-electron chi connectivity index (χ1n) is 21.2. The lowest BCUT2D eigenvalue weighted by Gasteiger charge is -2.53. The van der Waals surface area contributed by atoms with E-state index in [4.69, 9.17) is 18.8 Å². The number of hydrogen-bond acceptors (Lipinski definition) is 5. The molecule has 1 spiro atoms. The molecule has 0 saturated carbocycles. The van der Waals surface area contributed by atoms with Crippen LogP contribution < -0.4 is 4.90 Å². The van der Waals surface area contributed by atoms with Gasteiger partial charge in [-0.25, -0.2) is 9.97 Å². The predicted molar refractivity (Wildman–Crippen MR) is 249 cm³/mol. The Hall–Kier alpha value is -8.02. The SMILES string of the molecule is C1=CC2C(C=C1)C1(c3ccccc3-c3ccc(-c4ccc(-c5cc(-c6nc7ccccc7o6)cc(-c6nc7ccccc7o6)c5)cc4)cc31)c1ccccc1N2c1ccccc1. The highest BCUT2D eigenvalue weighted by molar-refractivity contribution is 5.91. The summed E-state index contributed by atoms with van der Waals surface area (Å²) in [6, 6.07) is 67.2. The molecule has 0 radical (unpaired) electrons. The summed E-state index contributed by atoms with van der Waals surface area (Å²) in [5, 5.41) is 0. The molecule has 3 aliphatic rings. The van der Waals surface area contributed by atoms with Crippen molar-refractivity contribution in [3.63, 3.8) is 0 Å². The molecule has 5 heteroatoms. The van der Waals surface area contributed by atoms with E-state index < -0.39 is 5.41 Å². The maximum absolute atomic E-state index is 6.29. The van der Waals surface area contributed by atoms with Crippen molar-refractivity contribution in [2.75, 3.05) is 4.90 Å². The number of allylic oxidation sites excluding steroid dienone is 2. The van der Waals surface area contributed by atoms with Gasteiger partial charge in [0.05, 0.1) is 11.5 Å². The molecule has 8 aromatic carbocycles.